The number of carbonyl (C=O) groups is 3. The molecule has 2 aromatic carbocycles. The van der Waals surface area contributed by atoms with E-state index in [1.165, 1.54) is 49.6 Å². The number of barbiturate groups is 1. The molecule has 4 amide bonds. The summed E-state index contributed by atoms with van der Waals surface area (Å²) in [7, 11) is 1.48. The first-order valence-corrected chi connectivity index (χ1v) is 9.27. The highest BCUT2D eigenvalue weighted by Crippen LogP contribution is 2.28. The average molecular weight is 433 g/mol. The van der Waals surface area contributed by atoms with Crippen LogP contribution in [0.4, 0.5) is 16.2 Å². The van der Waals surface area contributed by atoms with Gasteiger partial charge in [-0.05, 0) is 42.5 Å². The van der Waals surface area contributed by atoms with Crippen molar-refractivity contribution >= 4 is 35.3 Å². The number of nitrogens with one attached hydrogen (secondary N) is 1. The largest absolute Gasteiger partial charge is 0.497 e. The van der Waals surface area contributed by atoms with Crippen LogP contribution in [0.25, 0.3) is 17.4 Å². The number of hydrogen-bond acceptors (Lipinski definition) is 7. The molecule has 10 heteroatoms. The Morgan fingerprint density at radius 3 is 2.50 bits per heavy atom. The molecule has 0 atom stereocenters. The standard InChI is InChI=1S/C22H15N3O7/c1-31-16-7-5-14(6-8-16)24-21(27)18(20(26)23-22(24)28)12-17-9-10-19(32-17)13-3-2-4-15(11-13)25(29)30/h2-12H,1H3,(H,23,26,28)/b18-12-. The number of nitro benzene ring substituents is 1. The van der Waals surface area contributed by atoms with E-state index in [-0.39, 0.29) is 22.7 Å². The molecule has 10 nitrogen and oxygen atoms in total. The third-order valence-corrected chi connectivity index (χ3v) is 4.69. The van der Waals surface area contributed by atoms with Gasteiger partial charge in [0, 0.05) is 17.7 Å². The van der Waals surface area contributed by atoms with E-state index in [0.717, 1.165) is 4.90 Å². The van der Waals surface area contributed by atoms with Crippen molar-refractivity contribution in [1.29, 1.82) is 0 Å². The SMILES string of the molecule is COc1ccc(N2C(=O)NC(=O)/C(=C/c3ccc(-c4cccc([N+](=O)[O-])c4)o3)C2=O)cc1. The third kappa shape index (κ3) is 3.84. The maximum Gasteiger partial charge on any atom is 0.335 e. The van der Waals surface area contributed by atoms with Gasteiger partial charge in [0.15, 0.2) is 0 Å². The number of nitrogens with zero attached hydrogens (tertiary/aromatic N) is 2. The zero-order valence-electron chi connectivity index (χ0n) is 16.6. The van der Waals surface area contributed by atoms with Crippen LogP contribution in [-0.4, -0.2) is 29.9 Å². The van der Waals surface area contributed by atoms with E-state index in [1.54, 1.807) is 24.3 Å². The molecular weight excluding hydrogens is 418 g/mol. The predicted octanol–water partition coefficient (Wildman–Crippen LogP) is 3.53. The number of rotatable bonds is 5. The van der Waals surface area contributed by atoms with Gasteiger partial charge in [-0.25, -0.2) is 9.69 Å². The molecule has 0 saturated carbocycles. The Labute approximate surface area is 180 Å². The highest BCUT2D eigenvalue weighted by molar-refractivity contribution is 6.39. The number of non-ortho nitro benzene ring substituents is 1. The Hall–Kier alpha value is -4.73. The van der Waals surface area contributed by atoms with Gasteiger partial charge in [-0.3, -0.25) is 25.0 Å². The topological polar surface area (TPSA) is 132 Å². The van der Waals surface area contributed by atoms with E-state index in [0.29, 0.717) is 17.1 Å². The van der Waals surface area contributed by atoms with Crippen LogP contribution in [0.15, 0.2) is 70.7 Å². The molecule has 0 spiro atoms. The molecule has 32 heavy (non-hydrogen) atoms. The number of ether oxygens (including phenoxy) is 1. The minimum atomic E-state index is -0.876. The van der Waals surface area contributed by atoms with Crippen LogP contribution in [0, 0.1) is 10.1 Å². The summed E-state index contributed by atoms with van der Waals surface area (Å²) in [6.07, 6.45) is 1.21. The van der Waals surface area contributed by atoms with Crippen molar-refractivity contribution in [3.05, 3.63) is 82.1 Å². The van der Waals surface area contributed by atoms with Gasteiger partial charge < -0.3 is 9.15 Å². The fraction of sp³-hybridized carbons (Fsp3) is 0.0455. The number of imide groups is 2. The Balaban J connectivity index is 1.65. The number of amides is 4. The molecule has 1 aromatic heterocycles. The van der Waals surface area contributed by atoms with E-state index < -0.39 is 22.8 Å². The molecule has 1 N–H and O–H groups in total. The number of furan rings is 1. The maximum absolute atomic E-state index is 12.9. The Bertz CT molecular complexity index is 1270. The van der Waals surface area contributed by atoms with Crippen molar-refractivity contribution in [1.82, 2.24) is 5.32 Å². The minimum Gasteiger partial charge on any atom is -0.497 e. The quantitative estimate of drug-likeness (QED) is 0.282. The lowest BCUT2D eigenvalue weighted by atomic mass is 10.1. The van der Waals surface area contributed by atoms with Gasteiger partial charge in [0.25, 0.3) is 17.5 Å². The van der Waals surface area contributed by atoms with Gasteiger partial charge in [0.1, 0.15) is 22.8 Å². The normalized spacial score (nSPS) is 15.1. The zero-order valence-corrected chi connectivity index (χ0v) is 16.6. The molecule has 0 bridgehead atoms. The second-order valence-corrected chi connectivity index (χ2v) is 6.67. The van der Waals surface area contributed by atoms with E-state index in [4.69, 9.17) is 9.15 Å². The molecule has 0 unspecified atom stereocenters. The molecule has 1 aliphatic heterocycles. The van der Waals surface area contributed by atoms with Crippen LogP contribution in [0.1, 0.15) is 5.76 Å². The van der Waals surface area contributed by atoms with E-state index in [9.17, 15) is 24.5 Å². The lowest BCUT2D eigenvalue weighted by Gasteiger charge is -2.26. The van der Waals surface area contributed by atoms with Gasteiger partial charge in [-0.1, -0.05) is 12.1 Å². The van der Waals surface area contributed by atoms with Crippen molar-refractivity contribution in [2.45, 2.75) is 0 Å². The predicted molar refractivity (Wildman–Crippen MR) is 113 cm³/mol. The number of methoxy groups -OCH3 is 1. The minimum absolute atomic E-state index is 0.103. The van der Waals surface area contributed by atoms with Crippen molar-refractivity contribution in [3.63, 3.8) is 0 Å². The van der Waals surface area contributed by atoms with E-state index in [1.807, 2.05) is 0 Å². The molecule has 1 fully saturated rings. The third-order valence-electron chi connectivity index (χ3n) is 4.69. The Morgan fingerprint density at radius 1 is 1.06 bits per heavy atom. The van der Waals surface area contributed by atoms with Gasteiger partial charge in [0.05, 0.1) is 17.7 Å². The van der Waals surface area contributed by atoms with Crippen LogP contribution in [-0.2, 0) is 9.59 Å². The van der Waals surface area contributed by atoms with Crippen LogP contribution in [0.3, 0.4) is 0 Å². The number of nitro groups is 1. The first kappa shape index (κ1) is 20.5. The average Bonchev–Trinajstić information content (AvgIpc) is 3.26. The highest BCUT2D eigenvalue weighted by Gasteiger charge is 2.37. The molecule has 3 aromatic rings. The monoisotopic (exact) mass is 433 g/mol. The second-order valence-electron chi connectivity index (χ2n) is 6.67. The summed E-state index contributed by atoms with van der Waals surface area (Å²) in [5.74, 6) is -0.675. The molecule has 0 aliphatic carbocycles. The van der Waals surface area contributed by atoms with Crippen LogP contribution in [0.2, 0.25) is 0 Å². The van der Waals surface area contributed by atoms with Crippen LogP contribution >= 0.6 is 0 Å². The van der Waals surface area contributed by atoms with Crippen molar-refractivity contribution < 1.29 is 28.5 Å². The maximum atomic E-state index is 12.9. The molecule has 4 rings (SSSR count). The first-order chi connectivity index (χ1) is 15.4. The molecular formula is C22H15N3O7. The van der Waals surface area contributed by atoms with Crippen molar-refractivity contribution in [3.8, 4) is 17.1 Å². The number of carbonyl (C=O) groups excluding carboxylic acids is 3. The van der Waals surface area contributed by atoms with Gasteiger partial charge >= 0.3 is 6.03 Å². The van der Waals surface area contributed by atoms with Crippen LogP contribution < -0.4 is 15.0 Å². The lowest BCUT2D eigenvalue weighted by molar-refractivity contribution is -0.384. The lowest BCUT2D eigenvalue weighted by Crippen LogP contribution is -2.54. The highest BCUT2D eigenvalue weighted by atomic mass is 16.6. The molecule has 160 valence electrons. The number of benzene rings is 2. The summed E-state index contributed by atoms with van der Waals surface area (Å²) in [4.78, 5) is 48.8. The summed E-state index contributed by atoms with van der Waals surface area (Å²) < 4.78 is 10.7. The summed E-state index contributed by atoms with van der Waals surface area (Å²) >= 11 is 0. The molecule has 1 aliphatic rings. The van der Waals surface area contributed by atoms with Gasteiger partial charge in [-0.2, -0.15) is 0 Å². The number of anilines is 1. The van der Waals surface area contributed by atoms with E-state index in [2.05, 4.69) is 5.32 Å². The number of hydrogen-bond donors (Lipinski definition) is 1. The Kier molecular flexibility index (Phi) is 5.25. The summed E-state index contributed by atoms with van der Waals surface area (Å²) in [6.45, 7) is 0. The zero-order chi connectivity index (χ0) is 22.8. The van der Waals surface area contributed by atoms with E-state index >= 15 is 0 Å². The van der Waals surface area contributed by atoms with Crippen molar-refractivity contribution in [2.75, 3.05) is 12.0 Å². The fourth-order valence-electron chi connectivity index (χ4n) is 3.12. The molecule has 0 radical (unpaired) electrons. The van der Waals surface area contributed by atoms with Crippen LogP contribution in [0.5, 0.6) is 5.75 Å². The summed E-state index contributed by atoms with van der Waals surface area (Å²) in [5.41, 5.74) is 0.302. The smallest absolute Gasteiger partial charge is 0.335 e. The van der Waals surface area contributed by atoms with Gasteiger partial charge in [-0.15, -0.1) is 0 Å². The van der Waals surface area contributed by atoms with Gasteiger partial charge in [0.2, 0.25) is 0 Å². The first-order valence-electron chi connectivity index (χ1n) is 9.27. The second kappa shape index (κ2) is 8.19. The fourth-order valence-corrected chi connectivity index (χ4v) is 3.12. The summed E-state index contributed by atoms with van der Waals surface area (Å²) in [5, 5.41) is 13.1. The molecule has 2 heterocycles. The number of urea groups is 1. The molecule has 1 saturated heterocycles. The van der Waals surface area contributed by atoms with Crippen molar-refractivity contribution in [2.24, 2.45) is 0 Å². The Morgan fingerprint density at radius 2 is 1.81 bits per heavy atom. The summed E-state index contributed by atoms with van der Waals surface area (Å²) in [6, 6.07) is 14.2.